The molecule has 0 saturated heterocycles. The van der Waals surface area contributed by atoms with E-state index in [1.807, 2.05) is 121 Å². The third kappa shape index (κ3) is 6.62. The summed E-state index contributed by atoms with van der Waals surface area (Å²) in [6, 6.07) is 48.8. The van der Waals surface area contributed by atoms with Crippen molar-refractivity contribution in [1.82, 2.24) is 39.0 Å². The number of fused-ring (bicyclic) bond motifs is 7. The maximum Gasteiger partial charge on any atom is 0.166 e. The van der Waals surface area contributed by atoms with E-state index in [1.54, 1.807) is 6.07 Å². The van der Waals surface area contributed by atoms with E-state index in [9.17, 15) is 0 Å². The van der Waals surface area contributed by atoms with Crippen molar-refractivity contribution in [2.75, 3.05) is 0 Å². The maximum atomic E-state index is 9.12. The van der Waals surface area contributed by atoms with E-state index >= 15 is 0 Å². The van der Waals surface area contributed by atoms with E-state index in [-0.39, 0.29) is 22.8 Å². The van der Waals surface area contributed by atoms with Gasteiger partial charge in [0.15, 0.2) is 34.9 Å². The van der Waals surface area contributed by atoms with Gasteiger partial charge in [-0.1, -0.05) is 182 Å². The number of rotatable bonds is 8. The fourth-order valence-electron chi connectivity index (χ4n) is 9.04. The van der Waals surface area contributed by atoms with Crippen LogP contribution < -0.4 is 0 Å². The molecule has 4 aromatic heterocycles. The van der Waals surface area contributed by atoms with Crippen molar-refractivity contribution in [2.24, 2.45) is 0 Å². The van der Waals surface area contributed by atoms with Crippen LogP contribution in [0.1, 0.15) is 13.7 Å². The third-order valence-corrected chi connectivity index (χ3v) is 12.0. The molecular weight excluding hydrogens is 833 g/mol. The van der Waals surface area contributed by atoms with Crippen molar-refractivity contribution in [3.05, 3.63) is 230 Å². The predicted octanol–water partition coefficient (Wildman–Crippen LogP) is 14.3. The van der Waals surface area contributed by atoms with Crippen LogP contribution in [-0.4, -0.2) is 39.0 Å². The molecule has 0 aliphatic carbocycles. The van der Waals surface area contributed by atoms with Crippen molar-refractivity contribution in [2.45, 2.75) is 0 Å². The van der Waals surface area contributed by atoms with Crippen LogP contribution in [0.15, 0.2) is 230 Å². The molecule has 0 fully saturated rings. The van der Waals surface area contributed by atoms with Gasteiger partial charge in [-0.05, 0) is 48.5 Å². The lowest BCUT2D eigenvalue weighted by molar-refractivity contribution is 1.06. The molecule has 8 heteroatoms. The van der Waals surface area contributed by atoms with E-state index in [2.05, 4.69) is 56.6 Å². The number of hydrogen-bond acceptors (Lipinski definition) is 6. The Balaban J connectivity index is 1.19. The second-order valence-electron chi connectivity index (χ2n) is 16.0. The van der Waals surface area contributed by atoms with Gasteiger partial charge in [0.25, 0.3) is 0 Å². The second kappa shape index (κ2) is 16.2. The largest absolute Gasteiger partial charge is 0.309 e. The number of hydrogen-bond donors (Lipinski definition) is 0. The highest BCUT2D eigenvalue weighted by atomic mass is 15.1. The van der Waals surface area contributed by atoms with Crippen LogP contribution in [0.3, 0.4) is 0 Å². The summed E-state index contributed by atoms with van der Waals surface area (Å²) in [5, 5.41) is 3.76. The molecule has 0 bridgehead atoms. The van der Waals surface area contributed by atoms with Crippen LogP contribution in [0.5, 0.6) is 0 Å². The zero-order valence-electron chi connectivity index (χ0n) is 45.7. The Morgan fingerprint density at radius 2 is 0.794 bits per heavy atom. The van der Waals surface area contributed by atoms with Gasteiger partial charge >= 0.3 is 0 Å². The quantitative estimate of drug-likeness (QED) is 0.151. The van der Waals surface area contributed by atoms with E-state index < -0.39 is 72.1 Å². The summed E-state index contributed by atoms with van der Waals surface area (Å²) >= 11 is 0. The topological polar surface area (TPSA) is 87.2 Å². The monoisotopic (exact) mass is 880 g/mol. The summed E-state index contributed by atoms with van der Waals surface area (Å²) in [7, 11) is 0. The van der Waals surface area contributed by atoms with Crippen LogP contribution in [0.4, 0.5) is 0 Å². The Morgan fingerprint density at radius 1 is 0.324 bits per heavy atom. The highest BCUT2D eigenvalue weighted by molar-refractivity contribution is 6.26. The molecular formula is C60H38N8. The van der Waals surface area contributed by atoms with Gasteiger partial charge in [-0.3, -0.25) is 0 Å². The normalized spacial score (nSPS) is 13.6. The summed E-state index contributed by atoms with van der Waals surface area (Å²) in [5.41, 5.74) is 6.48. The summed E-state index contributed by atoms with van der Waals surface area (Å²) < 4.78 is 92.4. The summed E-state index contributed by atoms with van der Waals surface area (Å²) in [4.78, 5) is 29.7. The molecule has 13 aromatic rings. The Bertz CT molecular complexity index is 4420. The first kappa shape index (κ1) is 29.9. The molecule has 0 unspecified atom stereocenters. The fourth-order valence-corrected chi connectivity index (χ4v) is 9.04. The van der Waals surface area contributed by atoms with Crippen molar-refractivity contribution in [1.29, 1.82) is 0 Å². The molecule has 0 radical (unpaired) electrons. The molecule has 0 aliphatic rings. The zero-order chi connectivity index (χ0) is 53.7. The van der Waals surface area contributed by atoms with E-state index in [4.69, 9.17) is 38.6 Å². The summed E-state index contributed by atoms with van der Waals surface area (Å²) in [6.45, 7) is 0. The van der Waals surface area contributed by atoms with Gasteiger partial charge in [-0.25, -0.2) is 29.9 Å². The molecule has 0 N–H and O–H groups in total. The first-order chi connectivity index (χ1) is 37.9. The molecule has 0 atom stereocenters. The predicted molar refractivity (Wildman–Crippen MR) is 275 cm³/mol. The first-order valence-electron chi connectivity index (χ1n) is 26.8. The maximum absolute atomic E-state index is 9.12. The molecule has 13 rings (SSSR count). The van der Waals surface area contributed by atoms with Crippen LogP contribution in [0, 0.1) is 0 Å². The van der Waals surface area contributed by atoms with Gasteiger partial charge in [0.2, 0.25) is 0 Å². The van der Waals surface area contributed by atoms with Crippen molar-refractivity contribution in [3.63, 3.8) is 0 Å². The minimum absolute atomic E-state index is 0.129. The van der Waals surface area contributed by atoms with Crippen molar-refractivity contribution >= 4 is 43.6 Å². The average molecular weight is 881 g/mol. The van der Waals surface area contributed by atoms with Gasteiger partial charge < -0.3 is 9.13 Å². The first-order valence-corrected chi connectivity index (χ1v) is 21.8. The van der Waals surface area contributed by atoms with E-state index in [0.29, 0.717) is 28.5 Å². The number of benzene rings is 9. The van der Waals surface area contributed by atoms with Crippen molar-refractivity contribution in [3.8, 4) is 79.7 Å². The minimum atomic E-state index is -0.651. The Labute approximate surface area is 405 Å². The minimum Gasteiger partial charge on any atom is -0.309 e. The van der Waals surface area contributed by atoms with E-state index in [0.717, 1.165) is 60.4 Å². The Morgan fingerprint density at radius 3 is 1.38 bits per heavy atom. The zero-order valence-corrected chi connectivity index (χ0v) is 35.7. The van der Waals surface area contributed by atoms with Crippen LogP contribution in [0.2, 0.25) is 0 Å². The molecule has 0 aliphatic heterocycles. The van der Waals surface area contributed by atoms with Gasteiger partial charge in [0.05, 0.1) is 41.5 Å². The number of nitrogens with zero attached hydrogens (tertiary/aromatic N) is 8. The van der Waals surface area contributed by atoms with Gasteiger partial charge in [0.1, 0.15) is 0 Å². The van der Waals surface area contributed by atoms with Crippen LogP contribution in [0.25, 0.3) is 123 Å². The van der Waals surface area contributed by atoms with Gasteiger partial charge in [-0.2, -0.15) is 0 Å². The number of aromatic nitrogens is 8. The highest BCUT2D eigenvalue weighted by Gasteiger charge is 2.25. The Kier molecular flexibility index (Phi) is 7.15. The lowest BCUT2D eigenvalue weighted by atomic mass is 10.0. The van der Waals surface area contributed by atoms with Gasteiger partial charge in [0, 0.05) is 60.6 Å². The molecule has 9 aromatic carbocycles. The smallest absolute Gasteiger partial charge is 0.166 e. The Hall–Kier alpha value is -9.40. The number of para-hydroxylation sites is 3. The highest BCUT2D eigenvalue weighted by Crippen LogP contribution is 2.44. The van der Waals surface area contributed by atoms with Crippen LogP contribution in [-0.2, 0) is 0 Å². The third-order valence-electron chi connectivity index (χ3n) is 12.0. The molecule has 0 amide bonds. The molecule has 0 saturated carbocycles. The van der Waals surface area contributed by atoms with Crippen molar-refractivity contribution < 1.29 is 13.7 Å². The fraction of sp³-hybridized carbons (Fsp3) is 0. The summed E-state index contributed by atoms with van der Waals surface area (Å²) in [5.74, 6) is 0.147. The second-order valence-corrected chi connectivity index (χ2v) is 16.0. The molecule has 8 nitrogen and oxygen atoms in total. The molecule has 318 valence electrons. The SMILES string of the molecule is [2H]c1c([2H])c([2H])c(-c2nc(-c3cc(-c4nc(-c5ccccc5)nc(-c5ccccc5)n4)ccc3-n3c4ccccc4c4ccc5c(c6ccccc6n5-c5ccccc5)c43)nc(-c3c([2H])c([2H])c([2H])c([2H])c3[2H])n2)c([2H])c1[2H]. The lowest BCUT2D eigenvalue weighted by Crippen LogP contribution is -2.05. The molecule has 0 spiro atoms. The van der Waals surface area contributed by atoms with Gasteiger partial charge in [-0.15, -0.1) is 0 Å². The molecule has 4 heterocycles. The summed E-state index contributed by atoms with van der Waals surface area (Å²) in [6.07, 6.45) is 0. The molecule has 68 heavy (non-hydrogen) atoms. The lowest BCUT2D eigenvalue weighted by Gasteiger charge is -2.17. The van der Waals surface area contributed by atoms with E-state index in [1.165, 1.54) is 0 Å². The average Bonchev–Trinajstić information content (AvgIpc) is 3.97. The van der Waals surface area contributed by atoms with Crippen LogP contribution >= 0.6 is 0 Å². The standard InChI is InChI=1S/C60H38N8/c1-6-20-39(21-7-1)55-61-56(40-22-8-2-9-23-40)64-59(63-55)43-34-36-51(48(38-43)60-65-57(41-24-10-3-11-25-41)62-58(66-60)42-26-12-4-13-27-42)68-49-32-18-16-30-45(49)46-35-37-52-53(54(46)68)47-31-17-19-33-50(47)67(52)44-28-14-5-15-29-44/h1-38H/i3D,4D,10D,11D,12D,13D,24D,25D,26D,27D.